The topological polar surface area (TPSA) is 109 Å². The summed E-state index contributed by atoms with van der Waals surface area (Å²) in [4.78, 5) is 31.6. The molecule has 0 saturated heterocycles. The maximum Gasteiger partial charge on any atom is 0.338 e. The molecule has 0 radical (unpaired) electrons. The van der Waals surface area contributed by atoms with Crippen LogP contribution in [0.25, 0.3) is 6.08 Å². The molecule has 0 aliphatic carbocycles. The van der Waals surface area contributed by atoms with Gasteiger partial charge in [0.25, 0.3) is 5.56 Å². The number of phenolic OH excluding ortho intramolecular Hbond substituents is 1. The summed E-state index contributed by atoms with van der Waals surface area (Å²) in [6.45, 7) is 5.47. The molecule has 0 spiro atoms. The number of nitrogens with zero attached hydrogens (tertiary/aromatic N) is 2. The predicted molar refractivity (Wildman–Crippen MR) is 144 cm³/mol. The summed E-state index contributed by atoms with van der Waals surface area (Å²) >= 11 is 7.71. The Hall–Kier alpha value is -3.76. The van der Waals surface area contributed by atoms with Crippen molar-refractivity contribution in [1.82, 2.24) is 4.57 Å². The smallest absolute Gasteiger partial charge is 0.338 e. The summed E-state index contributed by atoms with van der Waals surface area (Å²) in [7, 11) is 4.21. The van der Waals surface area contributed by atoms with Crippen molar-refractivity contribution in [3.8, 4) is 23.0 Å². The van der Waals surface area contributed by atoms with Gasteiger partial charge in [-0.3, -0.25) is 9.36 Å². The highest BCUT2D eigenvalue weighted by molar-refractivity contribution is 7.07. The number of hydrogen-bond donors (Lipinski definition) is 1. The second-order valence-corrected chi connectivity index (χ2v) is 10.1. The molecule has 0 unspecified atom stereocenters. The average Bonchev–Trinajstić information content (AvgIpc) is 3.18. The molecular formula is C27H27ClN2O7S. The Labute approximate surface area is 227 Å². The van der Waals surface area contributed by atoms with E-state index in [-0.39, 0.29) is 28.7 Å². The number of aromatic nitrogens is 1. The van der Waals surface area contributed by atoms with E-state index in [1.165, 1.54) is 32.0 Å². The highest BCUT2D eigenvalue weighted by Gasteiger charge is 2.33. The number of thiazole rings is 1. The van der Waals surface area contributed by atoms with Crippen molar-refractivity contribution in [3.63, 3.8) is 0 Å². The van der Waals surface area contributed by atoms with Crippen molar-refractivity contribution in [2.24, 2.45) is 4.99 Å². The minimum absolute atomic E-state index is 0.0718. The number of halogens is 1. The monoisotopic (exact) mass is 558 g/mol. The molecule has 9 nitrogen and oxygen atoms in total. The highest BCUT2D eigenvalue weighted by atomic mass is 35.5. The van der Waals surface area contributed by atoms with Crippen molar-refractivity contribution in [1.29, 1.82) is 0 Å². The molecule has 1 aromatic heterocycles. The molecule has 3 aromatic rings. The number of ether oxygens (including phenoxy) is 4. The highest BCUT2D eigenvalue weighted by Crippen LogP contribution is 2.36. The van der Waals surface area contributed by atoms with Gasteiger partial charge < -0.3 is 24.1 Å². The molecule has 0 saturated carbocycles. The number of aromatic hydroxyl groups is 1. The first kappa shape index (κ1) is 27.3. The lowest BCUT2D eigenvalue weighted by molar-refractivity contribution is -0.136. The summed E-state index contributed by atoms with van der Waals surface area (Å²) in [5.41, 5.74) is 1.33. The van der Waals surface area contributed by atoms with Gasteiger partial charge in [0, 0.05) is 6.07 Å². The Morgan fingerprint density at radius 1 is 1.13 bits per heavy atom. The van der Waals surface area contributed by atoms with Gasteiger partial charge in [-0.1, -0.05) is 29.0 Å². The van der Waals surface area contributed by atoms with Crippen molar-refractivity contribution in [2.45, 2.75) is 32.9 Å². The maximum atomic E-state index is 13.8. The second kappa shape index (κ2) is 10.9. The minimum atomic E-state index is -0.859. The second-order valence-electron chi connectivity index (χ2n) is 8.70. The maximum absolute atomic E-state index is 13.8. The molecule has 200 valence electrons. The molecule has 4 rings (SSSR count). The Bertz CT molecular complexity index is 1620. The van der Waals surface area contributed by atoms with E-state index in [0.29, 0.717) is 42.7 Å². The van der Waals surface area contributed by atoms with Crippen LogP contribution in [0.3, 0.4) is 0 Å². The summed E-state index contributed by atoms with van der Waals surface area (Å²) < 4.78 is 23.3. The van der Waals surface area contributed by atoms with Crippen LogP contribution in [0.4, 0.5) is 0 Å². The molecule has 0 fully saturated rings. The molecule has 1 N–H and O–H groups in total. The zero-order chi connectivity index (χ0) is 27.7. The lowest BCUT2D eigenvalue weighted by Crippen LogP contribution is -2.39. The molecule has 1 aliphatic rings. The fraction of sp³-hybridized carbons (Fsp3) is 0.296. The number of hydrogen-bond acceptors (Lipinski definition) is 9. The van der Waals surface area contributed by atoms with Crippen LogP contribution in [-0.2, 0) is 9.53 Å². The molecule has 2 heterocycles. The van der Waals surface area contributed by atoms with Crippen LogP contribution < -0.4 is 29.1 Å². The van der Waals surface area contributed by atoms with Crippen LogP contribution in [0, 0.1) is 0 Å². The zero-order valence-corrected chi connectivity index (χ0v) is 23.3. The van der Waals surface area contributed by atoms with E-state index >= 15 is 0 Å². The Balaban J connectivity index is 1.95. The van der Waals surface area contributed by atoms with Crippen LogP contribution in [0.1, 0.15) is 37.9 Å². The van der Waals surface area contributed by atoms with E-state index in [1.807, 2.05) is 13.8 Å². The van der Waals surface area contributed by atoms with Crippen molar-refractivity contribution >= 4 is 35.0 Å². The first-order valence-corrected chi connectivity index (χ1v) is 12.8. The predicted octanol–water partition coefficient (Wildman–Crippen LogP) is 3.57. The number of benzene rings is 2. The third kappa shape index (κ3) is 5.01. The lowest BCUT2D eigenvalue weighted by Gasteiger charge is -2.24. The zero-order valence-electron chi connectivity index (χ0n) is 21.7. The van der Waals surface area contributed by atoms with Crippen LogP contribution in [0.15, 0.2) is 51.4 Å². The SMILES string of the molecule is COC(=O)C1=C(C)N=c2s/c(=C\c3cc(OC)c(OC(C)C)cc3Cl)c(=O)n2[C@@H]1c1ccc(O)c(OC)c1. The number of carbonyl (C=O) groups excluding carboxylic acids is 1. The van der Waals surface area contributed by atoms with Gasteiger partial charge in [-0.15, -0.1) is 0 Å². The molecule has 38 heavy (non-hydrogen) atoms. The third-order valence-electron chi connectivity index (χ3n) is 5.88. The molecule has 1 aliphatic heterocycles. The number of carbonyl (C=O) groups is 1. The molecular weight excluding hydrogens is 532 g/mol. The first-order chi connectivity index (χ1) is 18.1. The molecule has 1 atom stereocenters. The molecule has 0 bridgehead atoms. The number of phenols is 1. The van der Waals surface area contributed by atoms with Gasteiger partial charge in [-0.05, 0) is 56.2 Å². The molecule has 11 heteroatoms. The van der Waals surface area contributed by atoms with E-state index in [1.54, 1.807) is 37.3 Å². The largest absolute Gasteiger partial charge is 0.504 e. The van der Waals surface area contributed by atoms with Crippen molar-refractivity contribution < 1.29 is 28.8 Å². The Morgan fingerprint density at radius 3 is 2.47 bits per heavy atom. The van der Waals surface area contributed by atoms with Gasteiger partial charge in [0.2, 0.25) is 0 Å². The van der Waals surface area contributed by atoms with E-state index in [9.17, 15) is 14.7 Å². The Kier molecular flexibility index (Phi) is 7.84. The van der Waals surface area contributed by atoms with E-state index < -0.39 is 12.0 Å². The van der Waals surface area contributed by atoms with E-state index in [0.717, 1.165) is 11.3 Å². The number of rotatable bonds is 7. The van der Waals surface area contributed by atoms with Gasteiger partial charge in [0.1, 0.15) is 0 Å². The minimum Gasteiger partial charge on any atom is -0.504 e. The van der Waals surface area contributed by atoms with Crippen LogP contribution in [-0.4, -0.2) is 43.1 Å². The fourth-order valence-electron chi connectivity index (χ4n) is 4.18. The van der Waals surface area contributed by atoms with Crippen LogP contribution in [0.2, 0.25) is 5.02 Å². The van der Waals surface area contributed by atoms with Gasteiger partial charge >= 0.3 is 5.97 Å². The fourth-order valence-corrected chi connectivity index (χ4v) is 5.43. The lowest BCUT2D eigenvalue weighted by atomic mass is 9.95. The van der Waals surface area contributed by atoms with Crippen molar-refractivity contribution in [3.05, 3.63) is 77.4 Å². The average molecular weight is 559 g/mol. The quantitative estimate of drug-likeness (QED) is 0.442. The number of allylic oxidation sites excluding steroid dienone is 1. The van der Waals surface area contributed by atoms with Gasteiger partial charge in [0.15, 0.2) is 27.8 Å². The Morgan fingerprint density at radius 2 is 1.84 bits per heavy atom. The van der Waals surface area contributed by atoms with Gasteiger partial charge in [-0.2, -0.15) is 0 Å². The first-order valence-electron chi connectivity index (χ1n) is 11.6. The summed E-state index contributed by atoms with van der Waals surface area (Å²) in [5, 5.41) is 10.5. The van der Waals surface area contributed by atoms with Gasteiger partial charge in [-0.25, -0.2) is 9.79 Å². The molecule has 0 amide bonds. The number of esters is 1. The van der Waals surface area contributed by atoms with Gasteiger partial charge in [0.05, 0.1) is 54.3 Å². The van der Waals surface area contributed by atoms with E-state index in [4.69, 9.17) is 30.5 Å². The summed E-state index contributed by atoms with van der Waals surface area (Å²) in [6.07, 6.45) is 1.57. The van der Waals surface area contributed by atoms with Crippen LogP contribution in [0.5, 0.6) is 23.0 Å². The van der Waals surface area contributed by atoms with E-state index in [2.05, 4.69) is 4.99 Å². The van der Waals surface area contributed by atoms with Crippen molar-refractivity contribution in [2.75, 3.05) is 21.3 Å². The standard InChI is InChI=1S/C27H27ClN2O7S/c1-13(2)37-21-12-17(28)16(10-20(21)35-5)11-22-25(32)30-24(15-7-8-18(31)19(9-15)34-4)23(26(33)36-6)14(3)29-27(30)38-22/h7-13,24,31H,1-6H3/b22-11-/t24-/m1/s1. The normalized spacial score (nSPS) is 15.3. The third-order valence-corrected chi connectivity index (χ3v) is 7.19. The molecule has 2 aromatic carbocycles. The summed E-state index contributed by atoms with van der Waals surface area (Å²) in [5.74, 6) is 0.473. The summed E-state index contributed by atoms with van der Waals surface area (Å²) in [6, 6.07) is 7.13. The van der Waals surface area contributed by atoms with Crippen LogP contribution >= 0.6 is 22.9 Å². The number of methoxy groups -OCH3 is 3. The number of fused-ring (bicyclic) bond motifs is 1.